The standard InChI is InChI=1S/C7H17N3S/c1-4(2)6(10-9)5(3)7(8)11/h4-6,10H,9H2,1-3H3,(H2,8,11). The van der Waals surface area contributed by atoms with Gasteiger partial charge in [0, 0.05) is 12.0 Å². The quantitative estimate of drug-likeness (QED) is 0.329. The van der Waals surface area contributed by atoms with Crippen molar-refractivity contribution in [1.29, 1.82) is 0 Å². The van der Waals surface area contributed by atoms with E-state index in [4.69, 9.17) is 23.8 Å². The maximum atomic E-state index is 5.49. The second-order valence-electron chi connectivity index (χ2n) is 3.13. The molecule has 0 rings (SSSR count). The molecule has 0 aliphatic carbocycles. The number of nitrogens with one attached hydrogen (secondary N) is 1. The lowest BCUT2D eigenvalue weighted by Crippen LogP contribution is -2.47. The highest BCUT2D eigenvalue weighted by atomic mass is 32.1. The first-order valence-electron chi connectivity index (χ1n) is 3.76. The summed E-state index contributed by atoms with van der Waals surface area (Å²) in [7, 11) is 0. The van der Waals surface area contributed by atoms with E-state index < -0.39 is 0 Å². The topological polar surface area (TPSA) is 64.1 Å². The van der Waals surface area contributed by atoms with Crippen molar-refractivity contribution >= 4 is 17.2 Å². The van der Waals surface area contributed by atoms with Crippen molar-refractivity contribution in [3.8, 4) is 0 Å². The summed E-state index contributed by atoms with van der Waals surface area (Å²) in [5, 5.41) is 0. The lowest BCUT2D eigenvalue weighted by Gasteiger charge is -2.25. The number of nitrogens with two attached hydrogens (primary N) is 2. The second-order valence-corrected chi connectivity index (χ2v) is 3.60. The van der Waals surface area contributed by atoms with Crippen LogP contribution < -0.4 is 17.0 Å². The summed E-state index contributed by atoms with van der Waals surface area (Å²) >= 11 is 4.86. The Balaban J connectivity index is 4.13. The van der Waals surface area contributed by atoms with Crippen molar-refractivity contribution in [2.75, 3.05) is 0 Å². The summed E-state index contributed by atoms with van der Waals surface area (Å²) in [6.45, 7) is 6.14. The van der Waals surface area contributed by atoms with Gasteiger partial charge in [-0.25, -0.2) is 0 Å². The van der Waals surface area contributed by atoms with Crippen LogP contribution in [0.4, 0.5) is 0 Å². The predicted octanol–water partition coefficient (Wildman–Crippen LogP) is 0.396. The summed E-state index contributed by atoms with van der Waals surface area (Å²) in [5.74, 6) is 5.94. The fourth-order valence-corrected chi connectivity index (χ4v) is 1.24. The van der Waals surface area contributed by atoms with Crippen LogP contribution in [0.15, 0.2) is 0 Å². The van der Waals surface area contributed by atoms with Crippen LogP contribution in [-0.2, 0) is 0 Å². The minimum atomic E-state index is 0.148. The molecule has 0 saturated carbocycles. The maximum Gasteiger partial charge on any atom is 0.0772 e. The number of thiocarbonyl (C=S) groups is 1. The van der Waals surface area contributed by atoms with Crippen molar-refractivity contribution in [3.63, 3.8) is 0 Å². The van der Waals surface area contributed by atoms with Gasteiger partial charge in [0.2, 0.25) is 0 Å². The first-order chi connectivity index (χ1) is 5.00. The molecule has 0 aromatic heterocycles. The fraction of sp³-hybridized carbons (Fsp3) is 0.857. The van der Waals surface area contributed by atoms with Crippen molar-refractivity contribution in [3.05, 3.63) is 0 Å². The van der Waals surface area contributed by atoms with Gasteiger partial charge < -0.3 is 5.73 Å². The van der Waals surface area contributed by atoms with Gasteiger partial charge in [-0.1, -0.05) is 33.0 Å². The average Bonchev–Trinajstić information content (AvgIpc) is 1.88. The van der Waals surface area contributed by atoms with Gasteiger partial charge >= 0.3 is 0 Å². The first kappa shape index (κ1) is 10.8. The molecule has 0 bridgehead atoms. The highest BCUT2D eigenvalue weighted by molar-refractivity contribution is 7.80. The van der Waals surface area contributed by atoms with Gasteiger partial charge in [-0.15, -0.1) is 0 Å². The van der Waals surface area contributed by atoms with E-state index in [1.54, 1.807) is 0 Å². The van der Waals surface area contributed by atoms with E-state index in [-0.39, 0.29) is 12.0 Å². The Kier molecular flexibility index (Phi) is 4.56. The van der Waals surface area contributed by atoms with Crippen molar-refractivity contribution in [2.45, 2.75) is 26.8 Å². The predicted molar refractivity (Wildman–Crippen MR) is 51.9 cm³/mol. The molecule has 5 N–H and O–H groups in total. The van der Waals surface area contributed by atoms with Crippen LogP contribution in [0.5, 0.6) is 0 Å². The van der Waals surface area contributed by atoms with Crippen LogP contribution in [-0.4, -0.2) is 11.0 Å². The number of hydrazine groups is 1. The Morgan fingerprint density at radius 1 is 1.36 bits per heavy atom. The third-order valence-corrected chi connectivity index (χ3v) is 2.27. The zero-order valence-corrected chi connectivity index (χ0v) is 8.11. The largest absolute Gasteiger partial charge is 0.393 e. The van der Waals surface area contributed by atoms with Gasteiger partial charge in [-0.2, -0.15) is 0 Å². The summed E-state index contributed by atoms with van der Waals surface area (Å²) in [5.41, 5.74) is 8.20. The van der Waals surface area contributed by atoms with Crippen LogP contribution in [0.1, 0.15) is 20.8 Å². The van der Waals surface area contributed by atoms with E-state index in [2.05, 4.69) is 19.3 Å². The Morgan fingerprint density at radius 2 is 1.82 bits per heavy atom. The Bertz CT molecular complexity index is 136. The molecule has 66 valence electrons. The van der Waals surface area contributed by atoms with Crippen molar-refractivity contribution in [2.24, 2.45) is 23.4 Å². The summed E-state index contributed by atoms with van der Waals surface area (Å²) in [6.07, 6.45) is 0. The van der Waals surface area contributed by atoms with Crippen LogP contribution in [0, 0.1) is 11.8 Å². The summed E-state index contributed by atoms with van der Waals surface area (Å²) in [6, 6.07) is 0.174. The molecule has 0 aromatic rings. The van der Waals surface area contributed by atoms with Crippen LogP contribution in [0.3, 0.4) is 0 Å². The van der Waals surface area contributed by atoms with Crippen LogP contribution >= 0.6 is 12.2 Å². The maximum absolute atomic E-state index is 5.49. The normalized spacial score (nSPS) is 16.5. The molecule has 11 heavy (non-hydrogen) atoms. The Labute approximate surface area is 73.5 Å². The Morgan fingerprint density at radius 3 is 1.91 bits per heavy atom. The smallest absolute Gasteiger partial charge is 0.0772 e. The fourth-order valence-electron chi connectivity index (χ4n) is 1.09. The van der Waals surface area contributed by atoms with Gasteiger partial charge in [0.25, 0.3) is 0 Å². The molecule has 2 atom stereocenters. The van der Waals surface area contributed by atoms with E-state index in [0.717, 1.165) is 0 Å². The molecule has 0 heterocycles. The van der Waals surface area contributed by atoms with Gasteiger partial charge in [0.1, 0.15) is 0 Å². The third kappa shape index (κ3) is 3.14. The molecule has 0 amide bonds. The summed E-state index contributed by atoms with van der Waals surface area (Å²) in [4.78, 5) is 0.515. The average molecular weight is 175 g/mol. The highest BCUT2D eigenvalue weighted by Crippen LogP contribution is 2.11. The number of hydrogen-bond acceptors (Lipinski definition) is 3. The molecule has 0 aliphatic rings. The molecule has 0 radical (unpaired) electrons. The van der Waals surface area contributed by atoms with E-state index in [9.17, 15) is 0 Å². The minimum absolute atomic E-state index is 0.148. The second kappa shape index (κ2) is 4.64. The molecule has 0 fully saturated rings. The number of hydrogen-bond donors (Lipinski definition) is 3. The first-order valence-corrected chi connectivity index (χ1v) is 4.17. The molecular weight excluding hydrogens is 158 g/mol. The van der Waals surface area contributed by atoms with E-state index >= 15 is 0 Å². The molecule has 2 unspecified atom stereocenters. The Hall–Kier alpha value is -0.190. The minimum Gasteiger partial charge on any atom is -0.393 e. The van der Waals surface area contributed by atoms with Gasteiger partial charge in [-0.05, 0) is 5.92 Å². The number of rotatable bonds is 4. The molecule has 4 heteroatoms. The van der Waals surface area contributed by atoms with Gasteiger partial charge in [-0.3, -0.25) is 11.3 Å². The third-order valence-electron chi connectivity index (χ3n) is 1.90. The molecule has 0 saturated heterocycles. The van der Waals surface area contributed by atoms with E-state index in [1.807, 2.05) is 6.92 Å². The van der Waals surface area contributed by atoms with Gasteiger partial charge in [0.15, 0.2) is 0 Å². The van der Waals surface area contributed by atoms with E-state index in [1.165, 1.54) is 0 Å². The van der Waals surface area contributed by atoms with E-state index in [0.29, 0.717) is 10.9 Å². The monoisotopic (exact) mass is 175 g/mol. The van der Waals surface area contributed by atoms with Crippen molar-refractivity contribution in [1.82, 2.24) is 5.43 Å². The van der Waals surface area contributed by atoms with Crippen LogP contribution in [0.25, 0.3) is 0 Å². The zero-order valence-electron chi connectivity index (χ0n) is 7.29. The molecule has 0 spiro atoms. The SMILES string of the molecule is CC(C)C(NN)C(C)C(N)=S. The lowest BCUT2D eigenvalue weighted by atomic mass is 9.92. The molecule has 0 aromatic carbocycles. The lowest BCUT2D eigenvalue weighted by molar-refractivity contribution is 0.356. The molecular formula is C7H17N3S. The van der Waals surface area contributed by atoms with Gasteiger partial charge in [0.05, 0.1) is 4.99 Å². The van der Waals surface area contributed by atoms with Crippen molar-refractivity contribution < 1.29 is 0 Å². The highest BCUT2D eigenvalue weighted by Gasteiger charge is 2.20. The van der Waals surface area contributed by atoms with Crippen LogP contribution in [0.2, 0.25) is 0 Å². The zero-order chi connectivity index (χ0) is 9.02. The molecule has 0 aliphatic heterocycles. The summed E-state index contributed by atoms with van der Waals surface area (Å²) < 4.78 is 0. The molecule has 3 nitrogen and oxygen atoms in total.